The number of fused-ring (bicyclic) bond motifs is 7. The van der Waals surface area contributed by atoms with Crippen LogP contribution in [0.3, 0.4) is 0 Å². The molecule has 0 bridgehead atoms. The van der Waals surface area contributed by atoms with Gasteiger partial charge in [0.2, 0.25) is 0 Å². The lowest BCUT2D eigenvalue weighted by molar-refractivity contribution is 0.660. The van der Waals surface area contributed by atoms with Gasteiger partial charge in [0, 0.05) is 33.2 Å². The monoisotopic (exact) mass is 729 g/mol. The molecule has 0 unspecified atom stereocenters. The van der Waals surface area contributed by atoms with Crippen molar-refractivity contribution in [1.29, 1.82) is 0 Å². The third kappa shape index (κ3) is 5.40. The summed E-state index contributed by atoms with van der Waals surface area (Å²) in [6.45, 7) is 4.73. The Labute approximate surface area is 332 Å². The van der Waals surface area contributed by atoms with Gasteiger partial charge in [-0.2, -0.15) is 0 Å². The van der Waals surface area contributed by atoms with E-state index in [1.165, 1.54) is 66.4 Å². The van der Waals surface area contributed by atoms with Crippen LogP contribution in [0, 0.1) is 0 Å². The van der Waals surface area contributed by atoms with Crippen LogP contribution >= 0.6 is 0 Å². The van der Waals surface area contributed by atoms with Crippen molar-refractivity contribution in [3.05, 3.63) is 211 Å². The van der Waals surface area contributed by atoms with E-state index in [-0.39, 0.29) is 5.41 Å². The lowest BCUT2D eigenvalue weighted by Gasteiger charge is -2.28. The molecule has 11 rings (SSSR count). The summed E-state index contributed by atoms with van der Waals surface area (Å²) in [6.07, 6.45) is 0. The van der Waals surface area contributed by atoms with Crippen LogP contribution in [0.1, 0.15) is 25.0 Å². The zero-order valence-corrected chi connectivity index (χ0v) is 31.9. The summed E-state index contributed by atoms with van der Waals surface area (Å²) >= 11 is 0. The summed E-state index contributed by atoms with van der Waals surface area (Å²) in [5.41, 5.74) is 17.7. The highest BCUT2D eigenvalue weighted by Gasteiger charge is 2.36. The van der Waals surface area contributed by atoms with Gasteiger partial charge >= 0.3 is 0 Å². The summed E-state index contributed by atoms with van der Waals surface area (Å²) in [5, 5.41) is 4.75. The van der Waals surface area contributed by atoms with E-state index in [0.29, 0.717) is 0 Å². The molecule has 0 saturated carbocycles. The van der Waals surface area contributed by atoms with E-state index < -0.39 is 0 Å². The largest absolute Gasteiger partial charge is 0.456 e. The van der Waals surface area contributed by atoms with Crippen molar-refractivity contribution in [2.45, 2.75) is 19.3 Å². The maximum atomic E-state index is 6.15. The number of benzene rings is 9. The molecule has 1 aromatic heterocycles. The van der Waals surface area contributed by atoms with Crippen LogP contribution < -0.4 is 4.90 Å². The first-order chi connectivity index (χ1) is 28.0. The molecule has 0 saturated heterocycles. The highest BCUT2D eigenvalue weighted by atomic mass is 16.3. The van der Waals surface area contributed by atoms with E-state index in [1.807, 2.05) is 12.1 Å². The van der Waals surface area contributed by atoms with E-state index >= 15 is 0 Å². The van der Waals surface area contributed by atoms with E-state index in [1.54, 1.807) is 0 Å². The lowest BCUT2D eigenvalue weighted by atomic mass is 9.81. The van der Waals surface area contributed by atoms with E-state index in [4.69, 9.17) is 4.42 Å². The Bertz CT molecular complexity index is 3140. The fourth-order valence-electron chi connectivity index (χ4n) is 9.19. The van der Waals surface area contributed by atoms with Crippen LogP contribution in [-0.2, 0) is 5.41 Å². The van der Waals surface area contributed by atoms with E-state index in [9.17, 15) is 0 Å². The van der Waals surface area contributed by atoms with Crippen LogP contribution in [0.25, 0.3) is 77.2 Å². The number of rotatable bonds is 6. The third-order valence-corrected chi connectivity index (χ3v) is 12.1. The average Bonchev–Trinajstić information content (AvgIpc) is 3.75. The molecular formula is C55H39NO. The molecule has 2 nitrogen and oxygen atoms in total. The predicted octanol–water partition coefficient (Wildman–Crippen LogP) is 15.5. The minimum absolute atomic E-state index is 0.150. The molecule has 0 N–H and O–H groups in total. The Morgan fingerprint density at radius 2 is 0.842 bits per heavy atom. The van der Waals surface area contributed by atoms with Crippen molar-refractivity contribution in [3.63, 3.8) is 0 Å². The van der Waals surface area contributed by atoms with Crippen LogP contribution in [0.5, 0.6) is 0 Å². The van der Waals surface area contributed by atoms with Gasteiger partial charge in [0.1, 0.15) is 11.2 Å². The summed E-state index contributed by atoms with van der Waals surface area (Å²) in [4.78, 5) is 2.38. The van der Waals surface area contributed by atoms with Gasteiger partial charge in [0.25, 0.3) is 0 Å². The molecule has 9 aromatic carbocycles. The van der Waals surface area contributed by atoms with Crippen molar-refractivity contribution < 1.29 is 4.42 Å². The molecule has 57 heavy (non-hydrogen) atoms. The summed E-state index contributed by atoms with van der Waals surface area (Å²) in [7, 11) is 0. The Balaban J connectivity index is 0.968. The van der Waals surface area contributed by atoms with Gasteiger partial charge < -0.3 is 9.32 Å². The second kappa shape index (κ2) is 13.0. The van der Waals surface area contributed by atoms with Gasteiger partial charge in [0.05, 0.1) is 0 Å². The number of nitrogens with zero attached hydrogens (tertiary/aromatic N) is 1. The van der Waals surface area contributed by atoms with Gasteiger partial charge in [-0.25, -0.2) is 0 Å². The third-order valence-electron chi connectivity index (χ3n) is 12.1. The number of hydrogen-bond donors (Lipinski definition) is 0. The van der Waals surface area contributed by atoms with Crippen molar-refractivity contribution in [2.75, 3.05) is 4.90 Å². The fraction of sp³-hybridized carbons (Fsp3) is 0.0545. The molecule has 2 heteroatoms. The average molecular weight is 730 g/mol. The first kappa shape index (κ1) is 33.2. The van der Waals surface area contributed by atoms with Gasteiger partial charge in [0.15, 0.2) is 0 Å². The maximum Gasteiger partial charge on any atom is 0.135 e. The molecule has 0 aliphatic heterocycles. The normalized spacial score (nSPS) is 12.9. The van der Waals surface area contributed by atoms with Crippen molar-refractivity contribution >= 4 is 49.8 Å². The second-order valence-electron chi connectivity index (χ2n) is 15.7. The number of anilines is 3. The fourth-order valence-corrected chi connectivity index (χ4v) is 9.19. The zero-order valence-electron chi connectivity index (χ0n) is 31.9. The lowest BCUT2D eigenvalue weighted by Crippen LogP contribution is -2.16. The molecule has 0 spiro atoms. The first-order valence-electron chi connectivity index (χ1n) is 19.8. The molecule has 1 aliphatic carbocycles. The Morgan fingerprint density at radius 1 is 0.333 bits per heavy atom. The van der Waals surface area contributed by atoms with Gasteiger partial charge in [-0.05, 0) is 127 Å². The Morgan fingerprint density at radius 3 is 1.58 bits per heavy atom. The summed E-state index contributed by atoms with van der Waals surface area (Å²) in [6, 6.07) is 72.7. The molecule has 0 atom stereocenters. The topological polar surface area (TPSA) is 16.4 Å². The predicted molar refractivity (Wildman–Crippen MR) is 240 cm³/mol. The standard InChI is InChI=1S/C55H39NO/c1-55(2)51-34-38(36-13-5-3-6-14-36)23-28-47(51)48-29-27-42(35-52(48)55)56(40-15-7-4-8-16-40)41-25-21-37(22-26-41)43-30-31-44(46-18-10-9-17-45(43)46)39-24-32-54-50(33-39)49-19-11-12-20-53(49)57-54/h3-35H,1-2H3. The molecular weight excluding hydrogens is 691 g/mol. The number of hydrogen-bond acceptors (Lipinski definition) is 2. The smallest absolute Gasteiger partial charge is 0.135 e. The molecule has 1 heterocycles. The van der Waals surface area contributed by atoms with Crippen molar-refractivity contribution in [3.8, 4) is 44.5 Å². The molecule has 0 fully saturated rings. The zero-order chi connectivity index (χ0) is 38.1. The van der Waals surface area contributed by atoms with E-state index in [2.05, 4.69) is 207 Å². The highest BCUT2D eigenvalue weighted by molar-refractivity contribution is 6.09. The van der Waals surface area contributed by atoms with Gasteiger partial charge in [-0.15, -0.1) is 0 Å². The van der Waals surface area contributed by atoms with Crippen molar-refractivity contribution in [1.82, 2.24) is 0 Å². The van der Waals surface area contributed by atoms with Crippen LogP contribution in [0.15, 0.2) is 205 Å². The van der Waals surface area contributed by atoms with Crippen LogP contribution in [0.4, 0.5) is 17.1 Å². The van der Waals surface area contributed by atoms with Crippen LogP contribution in [0.2, 0.25) is 0 Å². The Kier molecular flexibility index (Phi) is 7.55. The first-order valence-corrected chi connectivity index (χ1v) is 19.8. The highest BCUT2D eigenvalue weighted by Crippen LogP contribution is 2.52. The molecule has 10 aromatic rings. The van der Waals surface area contributed by atoms with Crippen molar-refractivity contribution in [2.24, 2.45) is 0 Å². The van der Waals surface area contributed by atoms with Gasteiger partial charge in [-0.1, -0.05) is 153 Å². The minimum Gasteiger partial charge on any atom is -0.456 e. The molecule has 270 valence electrons. The van der Waals surface area contributed by atoms with Crippen LogP contribution in [-0.4, -0.2) is 0 Å². The SMILES string of the molecule is CC1(C)c2cc(-c3ccccc3)ccc2-c2ccc(N(c3ccccc3)c3ccc(-c4ccc(-c5ccc6oc7ccccc7c6c5)c5ccccc45)cc3)cc21. The van der Waals surface area contributed by atoms with Gasteiger partial charge in [-0.3, -0.25) is 0 Å². The second-order valence-corrected chi connectivity index (χ2v) is 15.7. The molecule has 0 radical (unpaired) electrons. The maximum absolute atomic E-state index is 6.15. The Hall–Kier alpha value is -7.16. The molecule has 1 aliphatic rings. The van der Waals surface area contributed by atoms with E-state index in [0.717, 1.165) is 39.0 Å². The number of para-hydroxylation sites is 2. The molecule has 0 amide bonds. The number of furan rings is 1. The minimum atomic E-state index is -0.150. The summed E-state index contributed by atoms with van der Waals surface area (Å²) in [5.74, 6) is 0. The summed E-state index contributed by atoms with van der Waals surface area (Å²) < 4.78 is 6.15. The quantitative estimate of drug-likeness (QED) is 0.169.